The van der Waals surface area contributed by atoms with Crippen LogP contribution in [-0.4, -0.2) is 13.1 Å². The number of hydrogen-bond donors (Lipinski definition) is 0. The van der Waals surface area contributed by atoms with Gasteiger partial charge >= 0.3 is 5.97 Å². The fourth-order valence-corrected chi connectivity index (χ4v) is 3.08. The fourth-order valence-electron chi connectivity index (χ4n) is 2.86. The monoisotopic (exact) mass is 278 g/mol. The largest absolute Gasteiger partial charge is 0.496 e. The van der Waals surface area contributed by atoms with Gasteiger partial charge in [-0.15, -0.1) is 0 Å². The molecule has 2 atom stereocenters. The molecule has 1 saturated carbocycles. The summed E-state index contributed by atoms with van der Waals surface area (Å²) >= 11 is 6.20. The number of rotatable bonds is 2. The molecule has 1 aliphatic carbocycles. The molecule has 4 heteroatoms. The summed E-state index contributed by atoms with van der Waals surface area (Å²) in [7, 11) is 1.60. The number of carbonyl (C=O) groups is 1. The molecule has 2 fully saturated rings. The van der Waals surface area contributed by atoms with Crippen molar-refractivity contribution in [3.8, 4) is 5.75 Å². The van der Waals surface area contributed by atoms with Crippen LogP contribution >= 0.6 is 11.6 Å². The van der Waals surface area contributed by atoms with Crippen LogP contribution in [0.3, 0.4) is 0 Å². The Hall–Kier alpha value is -1.48. The Morgan fingerprint density at radius 1 is 1.37 bits per heavy atom. The smallest absolute Gasteiger partial charge is 0.314 e. The van der Waals surface area contributed by atoms with Gasteiger partial charge in [0.05, 0.1) is 18.1 Å². The third-order valence-corrected chi connectivity index (χ3v) is 4.24. The second-order valence-corrected chi connectivity index (χ2v) is 5.44. The maximum absolute atomic E-state index is 11.8. The number of methoxy groups -OCH3 is 1. The quantitative estimate of drug-likeness (QED) is 0.775. The van der Waals surface area contributed by atoms with Gasteiger partial charge in [0.15, 0.2) is 0 Å². The van der Waals surface area contributed by atoms with E-state index >= 15 is 0 Å². The zero-order valence-corrected chi connectivity index (χ0v) is 11.4. The Labute approximate surface area is 117 Å². The number of halogens is 1. The Bertz CT molecular complexity index is 550. The lowest BCUT2D eigenvalue weighted by Crippen LogP contribution is -2.22. The lowest BCUT2D eigenvalue weighted by Gasteiger charge is -2.21. The second kappa shape index (κ2) is 4.89. The first kappa shape index (κ1) is 12.5. The molecule has 0 radical (unpaired) electrons. The van der Waals surface area contributed by atoms with Crippen LogP contribution in [0.25, 0.3) is 6.08 Å². The lowest BCUT2D eigenvalue weighted by atomic mass is 9.98. The molecule has 0 N–H and O–H groups in total. The lowest BCUT2D eigenvalue weighted by molar-refractivity contribution is -0.146. The highest BCUT2D eigenvalue weighted by molar-refractivity contribution is 6.32. The average molecular weight is 279 g/mol. The maximum Gasteiger partial charge on any atom is 0.314 e. The Morgan fingerprint density at radius 2 is 2.16 bits per heavy atom. The van der Waals surface area contributed by atoms with Crippen LogP contribution < -0.4 is 4.74 Å². The molecule has 2 aliphatic rings. The summed E-state index contributed by atoms with van der Waals surface area (Å²) in [4.78, 5) is 11.8. The summed E-state index contributed by atoms with van der Waals surface area (Å²) in [5, 5.41) is 0.600. The van der Waals surface area contributed by atoms with Crippen molar-refractivity contribution in [1.82, 2.24) is 0 Å². The predicted molar refractivity (Wildman–Crippen MR) is 72.9 cm³/mol. The maximum atomic E-state index is 11.8. The van der Waals surface area contributed by atoms with Gasteiger partial charge in [0.1, 0.15) is 11.5 Å². The zero-order chi connectivity index (χ0) is 13.4. The number of ether oxygens (including phenoxy) is 2. The summed E-state index contributed by atoms with van der Waals surface area (Å²) in [6.45, 7) is 0. The number of cyclic esters (lactones) is 1. The number of esters is 1. The highest BCUT2D eigenvalue weighted by Crippen LogP contribution is 2.43. The minimum atomic E-state index is -0.106. The Kier molecular flexibility index (Phi) is 3.23. The first-order valence-corrected chi connectivity index (χ1v) is 6.82. The van der Waals surface area contributed by atoms with Gasteiger partial charge < -0.3 is 9.47 Å². The van der Waals surface area contributed by atoms with Crippen LogP contribution in [0, 0.1) is 11.8 Å². The Balaban J connectivity index is 1.99. The van der Waals surface area contributed by atoms with Gasteiger partial charge in [-0.3, -0.25) is 4.79 Å². The molecule has 19 heavy (non-hydrogen) atoms. The van der Waals surface area contributed by atoms with Gasteiger partial charge in [-0.05, 0) is 37.5 Å². The molecule has 0 spiro atoms. The van der Waals surface area contributed by atoms with Gasteiger partial charge in [0.2, 0.25) is 0 Å². The minimum Gasteiger partial charge on any atom is -0.496 e. The van der Waals surface area contributed by atoms with Crippen LogP contribution in [0.2, 0.25) is 5.02 Å². The standard InChI is InChI=1S/C15H15ClO3/c1-18-13-4-2-3-12(16)11(13)8-14-9-5-6-10(7-9)15(17)19-14/h2-4,8-10H,5-7H2,1H3/b14-8-. The van der Waals surface area contributed by atoms with E-state index in [0.29, 0.717) is 16.7 Å². The summed E-state index contributed by atoms with van der Waals surface area (Å²) in [6, 6.07) is 5.49. The van der Waals surface area contributed by atoms with E-state index in [1.807, 2.05) is 18.2 Å². The van der Waals surface area contributed by atoms with E-state index in [2.05, 4.69) is 0 Å². The van der Waals surface area contributed by atoms with E-state index in [1.165, 1.54) is 0 Å². The van der Waals surface area contributed by atoms with Gasteiger partial charge in [-0.1, -0.05) is 17.7 Å². The average Bonchev–Trinajstić information content (AvgIpc) is 2.84. The topological polar surface area (TPSA) is 35.5 Å². The number of carbonyl (C=O) groups excluding carboxylic acids is 1. The fraction of sp³-hybridized carbons (Fsp3) is 0.400. The van der Waals surface area contributed by atoms with Crippen LogP contribution in [0.15, 0.2) is 24.0 Å². The molecule has 2 unspecified atom stereocenters. The molecular weight excluding hydrogens is 264 g/mol. The summed E-state index contributed by atoms with van der Waals surface area (Å²) in [5.41, 5.74) is 0.778. The zero-order valence-electron chi connectivity index (χ0n) is 10.7. The van der Waals surface area contributed by atoms with Crippen LogP contribution in [0.5, 0.6) is 5.75 Å². The van der Waals surface area contributed by atoms with Crippen LogP contribution in [-0.2, 0) is 9.53 Å². The van der Waals surface area contributed by atoms with Gasteiger partial charge in [0, 0.05) is 11.5 Å². The van der Waals surface area contributed by atoms with Crippen molar-refractivity contribution < 1.29 is 14.3 Å². The summed E-state index contributed by atoms with van der Waals surface area (Å²) in [5.74, 6) is 1.74. The number of allylic oxidation sites excluding steroid dienone is 1. The molecule has 3 rings (SSSR count). The van der Waals surface area contributed by atoms with Crippen molar-refractivity contribution in [3.05, 3.63) is 34.5 Å². The molecule has 1 saturated heterocycles. The molecular formula is C15H15ClO3. The molecule has 2 bridgehead atoms. The third-order valence-electron chi connectivity index (χ3n) is 3.91. The van der Waals surface area contributed by atoms with Gasteiger partial charge in [-0.25, -0.2) is 0 Å². The molecule has 1 aliphatic heterocycles. The molecule has 1 aromatic carbocycles. The van der Waals surface area contributed by atoms with Crippen molar-refractivity contribution in [2.45, 2.75) is 19.3 Å². The normalized spacial score (nSPS) is 27.5. The summed E-state index contributed by atoms with van der Waals surface area (Å²) < 4.78 is 10.7. The SMILES string of the molecule is COc1cccc(Cl)c1/C=C1\OC(=O)C2CCC1C2. The molecule has 0 amide bonds. The number of fused-ring (bicyclic) bond motifs is 2. The molecule has 0 aromatic heterocycles. The highest BCUT2D eigenvalue weighted by Gasteiger charge is 2.39. The minimum absolute atomic E-state index is 0.0929. The van der Waals surface area contributed by atoms with Crippen molar-refractivity contribution in [1.29, 1.82) is 0 Å². The predicted octanol–water partition coefficient (Wildman–Crippen LogP) is 3.66. The van der Waals surface area contributed by atoms with Crippen molar-refractivity contribution in [2.75, 3.05) is 7.11 Å². The van der Waals surface area contributed by atoms with Crippen LogP contribution in [0.4, 0.5) is 0 Å². The summed E-state index contributed by atoms with van der Waals surface area (Å²) in [6.07, 6.45) is 4.69. The van der Waals surface area contributed by atoms with Crippen molar-refractivity contribution in [3.63, 3.8) is 0 Å². The third kappa shape index (κ3) is 2.23. The Morgan fingerprint density at radius 3 is 2.95 bits per heavy atom. The van der Waals surface area contributed by atoms with E-state index in [4.69, 9.17) is 21.1 Å². The van der Waals surface area contributed by atoms with Crippen LogP contribution in [0.1, 0.15) is 24.8 Å². The molecule has 1 heterocycles. The van der Waals surface area contributed by atoms with Crippen molar-refractivity contribution >= 4 is 23.6 Å². The second-order valence-electron chi connectivity index (χ2n) is 5.03. The van der Waals surface area contributed by atoms with E-state index in [0.717, 1.165) is 30.6 Å². The highest BCUT2D eigenvalue weighted by atomic mass is 35.5. The van der Waals surface area contributed by atoms with E-state index in [1.54, 1.807) is 13.2 Å². The number of benzene rings is 1. The molecule has 100 valence electrons. The van der Waals surface area contributed by atoms with E-state index in [9.17, 15) is 4.79 Å². The van der Waals surface area contributed by atoms with Crippen molar-refractivity contribution in [2.24, 2.45) is 11.8 Å². The van der Waals surface area contributed by atoms with E-state index < -0.39 is 0 Å². The molecule has 3 nitrogen and oxygen atoms in total. The molecule has 1 aromatic rings. The van der Waals surface area contributed by atoms with E-state index in [-0.39, 0.29) is 11.9 Å². The first-order valence-electron chi connectivity index (χ1n) is 6.45. The number of hydrogen-bond acceptors (Lipinski definition) is 3. The first-order chi connectivity index (χ1) is 9.19. The van der Waals surface area contributed by atoms with Gasteiger partial charge in [0.25, 0.3) is 0 Å². The van der Waals surface area contributed by atoms with Gasteiger partial charge in [-0.2, -0.15) is 0 Å².